The lowest BCUT2D eigenvalue weighted by Crippen LogP contribution is -2.20. The van der Waals surface area contributed by atoms with Crippen LogP contribution in [0.15, 0.2) is 82.4 Å². The van der Waals surface area contributed by atoms with Crippen molar-refractivity contribution in [3.63, 3.8) is 0 Å². The Labute approximate surface area is 188 Å². The number of carbonyl (C=O) groups excluding carboxylic acids is 2. The maximum atomic E-state index is 12.1. The van der Waals surface area contributed by atoms with E-state index in [1.54, 1.807) is 67.8 Å². The van der Waals surface area contributed by atoms with E-state index >= 15 is 0 Å². The summed E-state index contributed by atoms with van der Waals surface area (Å²) >= 11 is 3.33. The Bertz CT molecular complexity index is 1080. The third-order valence-electron chi connectivity index (χ3n) is 4.10. The van der Waals surface area contributed by atoms with Crippen LogP contribution in [0.2, 0.25) is 0 Å². The molecule has 3 rings (SSSR count). The van der Waals surface area contributed by atoms with Crippen LogP contribution in [0.1, 0.15) is 15.9 Å². The number of halogens is 1. The van der Waals surface area contributed by atoms with Crippen molar-refractivity contribution in [1.82, 2.24) is 5.43 Å². The molecule has 8 heteroatoms. The summed E-state index contributed by atoms with van der Waals surface area (Å²) in [5.41, 5.74) is 4.32. The quantitative estimate of drug-likeness (QED) is 0.372. The maximum absolute atomic E-state index is 12.1. The zero-order chi connectivity index (χ0) is 22.1. The van der Waals surface area contributed by atoms with E-state index in [2.05, 4.69) is 31.8 Å². The lowest BCUT2D eigenvalue weighted by atomic mass is 10.2. The molecule has 158 valence electrons. The van der Waals surface area contributed by atoms with Crippen LogP contribution in [0.3, 0.4) is 0 Å². The molecule has 0 aromatic heterocycles. The zero-order valence-electron chi connectivity index (χ0n) is 16.7. The minimum absolute atomic E-state index is 0.145. The van der Waals surface area contributed by atoms with Crippen molar-refractivity contribution in [2.24, 2.45) is 5.10 Å². The summed E-state index contributed by atoms with van der Waals surface area (Å²) in [6.45, 7) is -0.145. The van der Waals surface area contributed by atoms with Crippen molar-refractivity contribution in [2.45, 2.75) is 0 Å². The molecule has 3 aromatic rings. The first-order valence-electron chi connectivity index (χ1n) is 9.30. The van der Waals surface area contributed by atoms with E-state index < -0.39 is 0 Å². The highest BCUT2D eigenvalue weighted by Crippen LogP contribution is 2.23. The smallest absolute Gasteiger partial charge is 0.271 e. The van der Waals surface area contributed by atoms with Gasteiger partial charge in [-0.25, -0.2) is 5.43 Å². The number of nitrogens with one attached hydrogen (secondary N) is 2. The fraction of sp³-hybridized carbons (Fsp3) is 0.0870. The molecule has 0 aliphatic heterocycles. The molecule has 0 aliphatic rings. The van der Waals surface area contributed by atoms with Gasteiger partial charge in [-0.2, -0.15) is 5.10 Å². The fourth-order valence-electron chi connectivity index (χ4n) is 2.59. The predicted octanol–water partition coefficient (Wildman–Crippen LogP) is 4.24. The molecule has 0 radical (unpaired) electrons. The Kier molecular flexibility index (Phi) is 7.78. The molecule has 2 amide bonds. The molecular weight excluding hydrogens is 462 g/mol. The molecule has 0 bridgehead atoms. The van der Waals surface area contributed by atoms with Gasteiger partial charge in [-0.1, -0.05) is 34.1 Å². The van der Waals surface area contributed by atoms with Gasteiger partial charge in [-0.15, -0.1) is 0 Å². The molecule has 0 fully saturated rings. The number of hydrazone groups is 1. The molecule has 0 atom stereocenters. The van der Waals surface area contributed by atoms with Gasteiger partial charge >= 0.3 is 0 Å². The summed E-state index contributed by atoms with van der Waals surface area (Å²) in [7, 11) is 1.54. The minimum atomic E-state index is -0.307. The van der Waals surface area contributed by atoms with Gasteiger partial charge in [0.1, 0.15) is 11.5 Å². The van der Waals surface area contributed by atoms with E-state index in [1.807, 2.05) is 12.1 Å². The Balaban J connectivity index is 1.48. The number of para-hydroxylation sites is 2. The van der Waals surface area contributed by atoms with Crippen LogP contribution < -0.4 is 20.2 Å². The molecule has 0 unspecified atom stereocenters. The number of nitrogens with zero attached hydrogens (tertiary/aromatic N) is 1. The van der Waals surface area contributed by atoms with E-state index in [-0.39, 0.29) is 18.4 Å². The van der Waals surface area contributed by atoms with Crippen LogP contribution in [-0.2, 0) is 4.79 Å². The molecule has 7 nitrogen and oxygen atoms in total. The molecule has 0 heterocycles. The summed E-state index contributed by atoms with van der Waals surface area (Å²) < 4.78 is 11.5. The van der Waals surface area contributed by atoms with Gasteiger partial charge in [0.2, 0.25) is 0 Å². The minimum Gasteiger partial charge on any atom is -0.495 e. The van der Waals surface area contributed by atoms with Crippen LogP contribution in [0, 0.1) is 0 Å². The number of hydrogen-bond donors (Lipinski definition) is 2. The van der Waals surface area contributed by atoms with Gasteiger partial charge in [-0.3, -0.25) is 9.59 Å². The number of ether oxygens (including phenoxy) is 2. The first kappa shape index (κ1) is 22.0. The van der Waals surface area contributed by atoms with Gasteiger partial charge in [0, 0.05) is 10.0 Å². The molecule has 0 saturated carbocycles. The average Bonchev–Trinajstić information content (AvgIpc) is 2.79. The zero-order valence-corrected chi connectivity index (χ0v) is 18.3. The first-order valence-corrected chi connectivity index (χ1v) is 10.1. The van der Waals surface area contributed by atoms with Crippen molar-refractivity contribution in [2.75, 3.05) is 19.0 Å². The number of amides is 2. The van der Waals surface area contributed by atoms with E-state index in [0.29, 0.717) is 22.7 Å². The van der Waals surface area contributed by atoms with Crippen LogP contribution in [0.25, 0.3) is 0 Å². The number of benzene rings is 3. The summed E-state index contributed by atoms with van der Waals surface area (Å²) in [6.07, 6.45) is 1.52. The second-order valence-corrected chi connectivity index (χ2v) is 7.23. The number of methoxy groups -OCH3 is 1. The molecule has 0 saturated heterocycles. The van der Waals surface area contributed by atoms with Crippen molar-refractivity contribution in [1.29, 1.82) is 0 Å². The second kappa shape index (κ2) is 10.9. The predicted molar refractivity (Wildman–Crippen MR) is 123 cm³/mol. The normalized spacial score (nSPS) is 10.5. The molecule has 31 heavy (non-hydrogen) atoms. The average molecular weight is 482 g/mol. The second-order valence-electron chi connectivity index (χ2n) is 6.32. The lowest BCUT2D eigenvalue weighted by Gasteiger charge is -2.10. The number of anilines is 1. The SMILES string of the molecule is COc1ccccc1NC(=O)COc1ccc(/C=N\NC(=O)c2cccc(Br)c2)cc1. The third kappa shape index (κ3) is 6.68. The highest BCUT2D eigenvalue weighted by Gasteiger charge is 2.08. The van der Waals surface area contributed by atoms with Gasteiger partial charge in [0.15, 0.2) is 6.61 Å². The Hall–Kier alpha value is -3.65. The largest absolute Gasteiger partial charge is 0.495 e. The third-order valence-corrected chi connectivity index (χ3v) is 4.59. The highest BCUT2D eigenvalue weighted by atomic mass is 79.9. The van der Waals surface area contributed by atoms with E-state index in [1.165, 1.54) is 6.21 Å². The monoisotopic (exact) mass is 481 g/mol. The number of hydrogen-bond acceptors (Lipinski definition) is 5. The van der Waals surface area contributed by atoms with E-state index in [9.17, 15) is 9.59 Å². The van der Waals surface area contributed by atoms with Crippen molar-refractivity contribution in [3.05, 3.63) is 88.4 Å². The summed E-state index contributed by atoms with van der Waals surface area (Å²) in [4.78, 5) is 24.2. The van der Waals surface area contributed by atoms with Gasteiger partial charge in [0.05, 0.1) is 19.0 Å². The van der Waals surface area contributed by atoms with Crippen molar-refractivity contribution in [3.8, 4) is 11.5 Å². The van der Waals surface area contributed by atoms with Crippen molar-refractivity contribution < 1.29 is 19.1 Å². The summed E-state index contributed by atoms with van der Waals surface area (Å²) in [5.74, 6) is 0.501. The number of carbonyl (C=O) groups is 2. The van der Waals surface area contributed by atoms with E-state index in [4.69, 9.17) is 9.47 Å². The van der Waals surface area contributed by atoms with E-state index in [0.717, 1.165) is 10.0 Å². The highest BCUT2D eigenvalue weighted by molar-refractivity contribution is 9.10. The molecule has 0 aliphatic carbocycles. The first-order chi connectivity index (χ1) is 15.0. The van der Waals surface area contributed by atoms with Gasteiger partial charge in [-0.05, 0) is 60.2 Å². The topological polar surface area (TPSA) is 89.0 Å². The van der Waals surface area contributed by atoms with Crippen LogP contribution >= 0.6 is 15.9 Å². The Morgan fingerprint density at radius 2 is 1.81 bits per heavy atom. The standard InChI is InChI=1S/C23H20BrN3O4/c1-30-21-8-3-2-7-20(21)26-22(28)15-31-19-11-9-16(10-12-19)14-25-27-23(29)17-5-4-6-18(24)13-17/h2-14H,15H2,1H3,(H,26,28)(H,27,29)/b25-14-. The van der Waals surface area contributed by atoms with Crippen molar-refractivity contribution >= 4 is 39.6 Å². The molecule has 2 N–H and O–H groups in total. The van der Waals surface area contributed by atoms with Crippen LogP contribution in [0.5, 0.6) is 11.5 Å². The van der Waals surface area contributed by atoms with Crippen LogP contribution in [-0.4, -0.2) is 31.7 Å². The fourth-order valence-corrected chi connectivity index (χ4v) is 2.99. The lowest BCUT2D eigenvalue weighted by molar-refractivity contribution is -0.118. The summed E-state index contributed by atoms with van der Waals surface area (Å²) in [5, 5.41) is 6.70. The maximum Gasteiger partial charge on any atom is 0.271 e. The van der Waals surface area contributed by atoms with Gasteiger partial charge in [0.25, 0.3) is 11.8 Å². The van der Waals surface area contributed by atoms with Gasteiger partial charge < -0.3 is 14.8 Å². The van der Waals surface area contributed by atoms with Crippen LogP contribution in [0.4, 0.5) is 5.69 Å². The molecular formula is C23H20BrN3O4. The molecule has 3 aromatic carbocycles. The Morgan fingerprint density at radius 3 is 2.55 bits per heavy atom. The Morgan fingerprint density at radius 1 is 1.03 bits per heavy atom. The number of rotatable bonds is 8. The molecule has 0 spiro atoms. The summed E-state index contributed by atoms with van der Waals surface area (Å²) in [6, 6.07) is 21.1.